The van der Waals surface area contributed by atoms with Crippen molar-refractivity contribution in [2.75, 3.05) is 5.32 Å². The van der Waals surface area contributed by atoms with Gasteiger partial charge in [0.1, 0.15) is 17.8 Å². The van der Waals surface area contributed by atoms with Crippen molar-refractivity contribution in [3.63, 3.8) is 0 Å². The first-order chi connectivity index (χ1) is 14.6. The van der Waals surface area contributed by atoms with Crippen LogP contribution < -0.4 is 15.4 Å². The monoisotopic (exact) mass is 410 g/mol. The summed E-state index contributed by atoms with van der Waals surface area (Å²) >= 11 is 0. The Kier molecular flexibility index (Phi) is 5.92. The number of nitrogens with zero attached hydrogens (tertiary/aromatic N) is 1. The third-order valence-corrected chi connectivity index (χ3v) is 5.15. The topological polar surface area (TPSA) is 96.1 Å². The molecule has 30 heavy (non-hydrogen) atoms. The number of benzene rings is 1. The second-order valence-corrected chi connectivity index (χ2v) is 7.42. The van der Waals surface area contributed by atoms with Gasteiger partial charge in [-0.2, -0.15) is 0 Å². The van der Waals surface area contributed by atoms with Gasteiger partial charge in [-0.3, -0.25) is 9.59 Å². The molecule has 1 saturated carbocycles. The van der Waals surface area contributed by atoms with E-state index in [1.807, 2.05) is 0 Å². The summed E-state index contributed by atoms with van der Waals surface area (Å²) in [5.74, 6) is -0.930. The van der Waals surface area contributed by atoms with Crippen LogP contribution in [0.4, 0.5) is 10.1 Å². The van der Waals surface area contributed by atoms with E-state index in [-0.39, 0.29) is 29.8 Å². The maximum absolute atomic E-state index is 14.5. The fraction of sp³-hybridized carbons (Fsp3) is 0.318. The quantitative estimate of drug-likeness (QED) is 0.529. The molecular weight excluding hydrogens is 387 g/mol. The number of pyridine rings is 1. The lowest BCUT2D eigenvalue weighted by Crippen LogP contribution is -2.37. The highest BCUT2D eigenvalue weighted by molar-refractivity contribution is 6.03. The van der Waals surface area contributed by atoms with E-state index in [4.69, 9.17) is 4.74 Å². The van der Waals surface area contributed by atoms with Gasteiger partial charge < -0.3 is 20.4 Å². The fourth-order valence-electron chi connectivity index (χ4n) is 3.68. The molecule has 1 fully saturated rings. The Hall–Kier alpha value is -3.42. The van der Waals surface area contributed by atoms with Crippen molar-refractivity contribution in [2.24, 2.45) is 0 Å². The van der Waals surface area contributed by atoms with E-state index in [0.717, 1.165) is 31.1 Å². The average Bonchev–Trinajstić information content (AvgIpc) is 3.20. The number of aromatic nitrogens is 2. The van der Waals surface area contributed by atoms with E-state index in [0.29, 0.717) is 11.4 Å². The maximum atomic E-state index is 14.5. The number of carbonyl (C=O) groups excluding carboxylic acids is 2. The zero-order valence-corrected chi connectivity index (χ0v) is 16.4. The largest absolute Gasteiger partial charge is 0.453 e. The van der Waals surface area contributed by atoms with E-state index < -0.39 is 11.7 Å². The Balaban J connectivity index is 1.35. The van der Waals surface area contributed by atoms with Crippen LogP contribution in [0.5, 0.6) is 11.5 Å². The summed E-state index contributed by atoms with van der Waals surface area (Å²) in [7, 11) is 0. The lowest BCUT2D eigenvalue weighted by Gasteiger charge is -2.22. The third kappa shape index (κ3) is 4.76. The predicted molar refractivity (Wildman–Crippen MR) is 111 cm³/mol. The van der Waals surface area contributed by atoms with Crippen LogP contribution in [0.1, 0.15) is 38.5 Å². The molecule has 0 spiro atoms. The molecule has 0 saturated heterocycles. The van der Waals surface area contributed by atoms with Gasteiger partial charge in [0.05, 0.1) is 5.39 Å². The highest BCUT2D eigenvalue weighted by Crippen LogP contribution is 2.31. The molecule has 1 aromatic carbocycles. The van der Waals surface area contributed by atoms with Crippen LogP contribution in [0, 0.1) is 5.82 Å². The zero-order chi connectivity index (χ0) is 20.9. The molecule has 2 amide bonds. The van der Waals surface area contributed by atoms with Crippen molar-refractivity contribution in [2.45, 2.75) is 44.6 Å². The summed E-state index contributed by atoms with van der Waals surface area (Å²) in [6, 6.07) is 7.73. The number of hydrogen-bond acceptors (Lipinski definition) is 4. The molecular formula is C22H23FN4O3. The summed E-state index contributed by atoms with van der Waals surface area (Å²) in [6.07, 6.45) is 8.29. The van der Waals surface area contributed by atoms with Crippen LogP contribution in [-0.4, -0.2) is 27.8 Å². The highest BCUT2D eigenvalue weighted by atomic mass is 19.1. The first kappa shape index (κ1) is 19.9. The molecule has 156 valence electrons. The van der Waals surface area contributed by atoms with Crippen LogP contribution in [0.25, 0.3) is 11.0 Å². The smallest absolute Gasteiger partial charge is 0.233 e. The Morgan fingerprint density at radius 3 is 2.73 bits per heavy atom. The Labute approximate surface area is 173 Å². The summed E-state index contributed by atoms with van der Waals surface area (Å²) < 4.78 is 20.2. The second-order valence-electron chi connectivity index (χ2n) is 7.42. The van der Waals surface area contributed by atoms with Gasteiger partial charge in [-0.15, -0.1) is 0 Å². The van der Waals surface area contributed by atoms with Crippen LogP contribution in [-0.2, 0) is 9.59 Å². The van der Waals surface area contributed by atoms with E-state index in [2.05, 4.69) is 20.6 Å². The van der Waals surface area contributed by atoms with Gasteiger partial charge in [-0.05, 0) is 37.1 Å². The summed E-state index contributed by atoms with van der Waals surface area (Å²) in [5.41, 5.74) is 0.903. The number of H-pyrrole nitrogens is 1. The number of aromatic amines is 1. The van der Waals surface area contributed by atoms with Crippen molar-refractivity contribution in [1.82, 2.24) is 15.3 Å². The number of rotatable bonds is 6. The number of carbonyl (C=O) groups is 2. The molecule has 3 N–H and O–H groups in total. The van der Waals surface area contributed by atoms with Gasteiger partial charge in [0.2, 0.25) is 11.8 Å². The van der Waals surface area contributed by atoms with E-state index in [1.54, 1.807) is 24.5 Å². The Bertz CT molecular complexity index is 1060. The third-order valence-electron chi connectivity index (χ3n) is 5.15. The molecule has 0 bridgehead atoms. The molecule has 3 aromatic rings. The van der Waals surface area contributed by atoms with Crippen LogP contribution in [0.2, 0.25) is 0 Å². The molecule has 0 unspecified atom stereocenters. The number of halogens is 1. The lowest BCUT2D eigenvalue weighted by atomic mass is 9.95. The molecule has 1 aliphatic carbocycles. The molecule has 1 aliphatic rings. The minimum Gasteiger partial charge on any atom is -0.453 e. The van der Waals surface area contributed by atoms with Gasteiger partial charge in [0, 0.05) is 30.2 Å². The lowest BCUT2D eigenvalue weighted by molar-refractivity contribution is -0.127. The number of ether oxygens (including phenoxy) is 1. The van der Waals surface area contributed by atoms with Gasteiger partial charge in [0.25, 0.3) is 0 Å². The number of anilines is 1. The fourth-order valence-corrected chi connectivity index (χ4v) is 3.68. The second kappa shape index (κ2) is 8.94. The molecule has 2 heterocycles. The SMILES string of the molecule is O=C(CC(=O)NC1CCCCC1)Nc1ccc(Oc2ccnc3[nH]ccc23)c(F)c1. The standard InChI is InChI=1S/C22H23FN4O3/c23-17-12-15(27-21(29)13-20(28)26-14-4-2-1-3-5-14)6-7-19(17)30-18-9-11-25-22-16(18)8-10-24-22/h6-12,14H,1-5,13H2,(H,24,25)(H,26,28)(H,27,29). The van der Waals surface area contributed by atoms with Gasteiger partial charge in [-0.1, -0.05) is 19.3 Å². The highest BCUT2D eigenvalue weighted by Gasteiger charge is 2.18. The number of amides is 2. The van der Waals surface area contributed by atoms with Crippen molar-refractivity contribution < 1.29 is 18.7 Å². The molecule has 0 radical (unpaired) electrons. The summed E-state index contributed by atoms with van der Waals surface area (Å²) in [5, 5.41) is 6.19. The van der Waals surface area contributed by atoms with Crippen molar-refractivity contribution >= 4 is 28.5 Å². The number of hydrogen-bond donors (Lipinski definition) is 3. The van der Waals surface area contributed by atoms with Gasteiger partial charge >= 0.3 is 0 Å². The van der Waals surface area contributed by atoms with Crippen molar-refractivity contribution in [3.8, 4) is 11.5 Å². The minimum absolute atomic E-state index is 0.0248. The zero-order valence-electron chi connectivity index (χ0n) is 16.4. The van der Waals surface area contributed by atoms with Gasteiger partial charge in [-0.25, -0.2) is 9.37 Å². The number of fused-ring (bicyclic) bond motifs is 1. The minimum atomic E-state index is -0.625. The summed E-state index contributed by atoms with van der Waals surface area (Å²) in [6.45, 7) is 0. The Morgan fingerprint density at radius 1 is 1.10 bits per heavy atom. The van der Waals surface area contributed by atoms with Crippen LogP contribution in [0.3, 0.4) is 0 Å². The van der Waals surface area contributed by atoms with E-state index in [1.165, 1.54) is 24.6 Å². The number of nitrogens with one attached hydrogen (secondary N) is 3. The normalized spacial score (nSPS) is 14.4. The first-order valence-electron chi connectivity index (χ1n) is 10.1. The van der Waals surface area contributed by atoms with Crippen LogP contribution in [0.15, 0.2) is 42.7 Å². The molecule has 8 heteroatoms. The molecule has 2 aromatic heterocycles. The molecule has 0 aliphatic heterocycles. The van der Waals surface area contributed by atoms with Crippen LogP contribution >= 0.6 is 0 Å². The summed E-state index contributed by atoms with van der Waals surface area (Å²) in [4.78, 5) is 31.3. The molecule has 0 atom stereocenters. The van der Waals surface area contributed by atoms with Gasteiger partial charge in [0.15, 0.2) is 11.6 Å². The van der Waals surface area contributed by atoms with E-state index in [9.17, 15) is 14.0 Å². The van der Waals surface area contributed by atoms with E-state index >= 15 is 0 Å². The first-order valence-corrected chi connectivity index (χ1v) is 10.1. The maximum Gasteiger partial charge on any atom is 0.233 e. The average molecular weight is 410 g/mol. The molecule has 7 nitrogen and oxygen atoms in total. The Morgan fingerprint density at radius 2 is 1.93 bits per heavy atom. The van der Waals surface area contributed by atoms with Crippen molar-refractivity contribution in [3.05, 3.63) is 48.5 Å². The van der Waals surface area contributed by atoms with Crippen molar-refractivity contribution in [1.29, 1.82) is 0 Å². The molecule has 4 rings (SSSR count). The predicted octanol–water partition coefficient (Wildman–Crippen LogP) is 4.27.